The van der Waals surface area contributed by atoms with Crippen molar-refractivity contribution in [2.75, 3.05) is 0 Å². The van der Waals surface area contributed by atoms with Crippen molar-refractivity contribution in [1.29, 1.82) is 0 Å². The molecule has 0 atom stereocenters. The van der Waals surface area contributed by atoms with E-state index in [9.17, 15) is 30.7 Å². The van der Waals surface area contributed by atoms with E-state index in [-0.39, 0.29) is 29.8 Å². The molecule has 3 aromatic rings. The van der Waals surface area contributed by atoms with E-state index in [1.165, 1.54) is 12.1 Å². The van der Waals surface area contributed by atoms with Crippen LogP contribution in [-0.4, -0.2) is 0 Å². The molecule has 0 amide bonds. The first-order chi connectivity index (χ1) is 19.7. The van der Waals surface area contributed by atoms with Crippen LogP contribution in [0.1, 0.15) is 91.0 Å². The molecule has 3 aromatic carbocycles. The Kier molecular flexibility index (Phi) is 9.20. The van der Waals surface area contributed by atoms with Crippen LogP contribution in [0.3, 0.4) is 0 Å². The van der Waals surface area contributed by atoms with Gasteiger partial charge in [-0.2, -0.15) is 8.78 Å². The highest BCUT2D eigenvalue weighted by molar-refractivity contribution is 5.59. The maximum absolute atomic E-state index is 14.9. The van der Waals surface area contributed by atoms with Gasteiger partial charge >= 0.3 is 6.08 Å². The van der Waals surface area contributed by atoms with E-state index in [1.807, 2.05) is 6.07 Å². The van der Waals surface area contributed by atoms with E-state index in [0.717, 1.165) is 74.6 Å². The molecule has 0 N–H and O–H groups in total. The molecule has 2 fully saturated rings. The molecule has 0 spiro atoms. The van der Waals surface area contributed by atoms with Gasteiger partial charge in [0.1, 0.15) is 5.82 Å². The molecule has 0 aromatic heterocycles. The lowest BCUT2D eigenvalue weighted by atomic mass is 9.67. The molecule has 0 nitrogen and oxygen atoms in total. The molecule has 2 aliphatic carbocycles. The van der Waals surface area contributed by atoms with E-state index >= 15 is 0 Å². The van der Waals surface area contributed by atoms with E-state index in [1.54, 1.807) is 24.3 Å². The SMILES string of the molecule is FC(F)=C(F)c1ccc(C2CCC(C3CCC(c4ccc(CCc5cc(F)c(F)c(F)c5)c(F)c4)CC3)CC2)cc1. The zero-order chi connectivity index (χ0) is 29.1. The molecule has 0 radical (unpaired) electrons. The Labute approximate surface area is 236 Å². The third-order valence-corrected chi connectivity index (χ3v) is 9.29. The Bertz CT molecular complexity index is 1350. The smallest absolute Gasteiger partial charge is 0.207 e. The molecule has 41 heavy (non-hydrogen) atoms. The Morgan fingerprint density at radius 1 is 0.561 bits per heavy atom. The summed E-state index contributed by atoms with van der Waals surface area (Å²) >= 11 is 0. The molecular formula is C34H33F7. The molecular weight excluding hydrogens is 541 g/mol. The van der Waals surface area contributed by atoms with Gasteiger partial charge in [0.25, 0.3) is 0 Å². The van der Waals surface area contributed by atoms with Crippen molar-refractivity contribution >= 4 is 5.83 Å². The molecule has 0 bridgehead atoms. The number of rotatable bonds is 7. The van der Waals surface area contributed by atoms with Gasteiger partial charge < -0.3 is 0 Å². The Morgan fingerprint density at radius 3 is 1.59 bits per heavy atom. The molecule has 5 rings (SSSR count). The number of aryl methyl sites for hydroxylation is 2. The summed E-state index contributed by atoms with van der Waals surface area (Å²) in [6, 6.07) is 13.6. The highest BCUT2D eigenvalue weighted by atomic mass is 19.3. The van der Waals surface area contributed by atoms with Crippen LogP contribution in [0.15, 0.2) is 60.7 Å². The summed E-state index contributed by atoms with van der Waals surface area (Å²) in [6.07, 6.45) is 6.66. The largest absolute Gasteiger partial charge is 0.306 e. The molecule has 0 saturated heterocycles. The fourth-order valence-electron chi connectivity index (χ4n) is 6.91. The average molecular weight is 575 g/mol. The zero-order valence-electron chi connectivity index (χ0n) is 22.7. The van der Waals surface area contributed by atoms with Crippen LogP contribution in [0.2, 0.25) is 0 Å². The van der Waals surface area contributed by atoms with Crippen LogP contribution in [0, 0.1) is 35.1 Å². The van der Waals surface area contributed by atoms with Gasteiger partial charge in [-0.25, -0.2) is 22.0 Å². The zero-order valence-corrected chi connectivity index (χ0v) is 22.7. The van der Waals surface area contributed by atoms with E-state index < -0.39 is 29.4 Å². The minimum atomic E-state index is -2.30. The standard InChI is InChI=1S/C34H33F7/c35-29-19-28(16-13-26(29)2-1-20-17-30(36)33(39)31(37)18-20)25-9-7-23(8-10-25)21-3-5-22(6-4-21)24-11-14-27(15-12-24)32(38)34(40)41/h11-19,21-23,25H,1-10H2. The van der Waals surface area contributed by atoms with Crippen LogP contribution >= 0.6 is 0 Å². The third kappa shape index (κ3) is 6.87. The molecule has 0 unspecified atom stereocenters. The molecule has 0 heterocycles. The Morgan fingerprint density at radius 2 is 1.07 bits per heavy atom. The predicted octanol–water partition coefficient (Wildman–Crippen LogP) is 10.8. The normalized spacial score (nSPS) is 22.9. The second kappa shape index (κ2) is 12.8. The fourth-order valence-corrected chi connectivity index (χ4v) is 6.91. The van der Waals surface area contributed by atoms with Gasteiger partial charge in [-0.15, -0.1) is 0 Å². The lowest BCUT2D eigenvalue weighted by Crippen LogP contribution is -2.25. The summed E-state index contributed by atoms with van der Waals surface area (Å²) in [4.78, 5) is 0. The van der Waals surface area contributed by atoms with Crippen molar-refractivity contribution in [2.24, 2.45) is 11.8 Å². The number of hydrogen-bond donors (Lipinski definition) is 0. The van der Waals surface area contributed by atoms with Gasteiger partial charge in [-0.3, -0.25) is 0 Å². The van der Waals surface area contributed by atoms with Gasteiger partial charge in [-0.05, 0) is 128 Å². The van der Waals surface area contributed by atoms with Crippen molar-refractivity contribution in [3.05, 3.63) is 112 Å². The lowest BCUT2D eigenvalue weighted by Gasteiger charge is -2.38. The predicted molar refractivity (Wildman–Crippen MR) is 146 cm³/mol. The quantitative estimate of drug-likeness (QED) is 0.195. The van der Waals surface area contributed by atoms with Gasteiger partial charge in [0.15, 0.2) is 23.3 Å². The summed E-state index contributed by atoms with van der Waals surface area (Å²) in [5, 5.41) is 0. The summed E-state index contributed by atoms with van der Waals surface area (Å²) in [5.74, 6) is -3.82. The lowest BCUT2D eigenvalue weighted by molar-refractivity contribution is 0.177. The summed E-state index contributed by atoms with van der Waals surface area (Å²) in [5.41, 5.74) is 2.72. The van der Waals surface area contributed by atoms with Gasteiger partial charge in [0.2, 0.25) is 0 Å². The minimum Gasteiger partial charge on any atom is -0.207 e. The maximum atomic E-state index is 14.9. The van der Waals surface area contributed by atoms with Crippen molar-refractivity contribution < 1.29 is 30.7 Å². The number of hydrogen-bond acceptors (Lipinski definition) is 0. The third-order valence-electron chi connectivity index (χ3n) is 9.29. The second-order valence-corrected chi connectivity index (χ2v) is 11.6. The molecule has 218 valence electrons. The molecule has 2 aliphatic rings. The van der Waals surface area contributed by atoms with Gasteiger partial charge in [0.05, 0.1) is 0 Å². The van der Waals surface area contributed by atoms with E-state index in [4.69, 9.17) is 0 Å². The summed E-state index contributed by atoms with van der Waals surface area (Å²) in [6.45, 7) is 0. The Balaban J connectivity index is 1.10. The fraction of sp³-hybridized carbons (Fsp3) is 0.412. The molecule has 0 aliphatic heterocycles. The van der Waals surface area contributed by atoms with Crippen LogP contribution in [0.25, 0.3) is 5.83 Å². The van der Waals surface area contributed by atoms with Gasteiger partial charge in [0, 0.05) is 5.56 Å². The van der Waals surface area contributed by atoms with Crippen molar-refractivity contribution in [2.45, 2.75) is 76.0 Å². The first-order valence-corrected chi connectivity index (χ1v) is 14.4. The highest BCUT2D eigenvalue weighted by Gasteiger charge is 2.32. The topological polar surface area (TPSA) is 0 Å². The number of halogens is 7. The van der Waals surface area contributed by atoms with Crippen molar-refractivity contribution in [1.82, 2.24) is 0 Å². The van der Waals surface area contributed by atoms with E-state index in [0.29, 0.717) is 29.2 Å². The summed E-state index contributed by atoms with van der Waals surface area (Å²) in [7, 11) is 0. The van der Waals surface area contributed by atoms with Crippen molar-refractivity contribution in [3.63, 3.8) is 0 Å². The van der Waals surface area contributed by atoms with Crippen LogP contribution in [-0.2, 0) is 12.8 Å². The highest BCUT2D eigenvalue weighted by Crippen LogP contribution is 2.46. The monoisotopic (exact) mass is 574 g/mol. The van der Waals surface area contributed by atoms with Crippen molar-refractivity contribution in [3.8, 4) is 0 Å². The van der Waals surface area contributed by atoms with E-state index in [2.05, 4.69) is 0 Å². The summed E-state index contributed by atoms with van der Waals surface area (Å²) < 4.78 is 93.5. The van der Waals surface area contributed by atoms with Crippen LogP contribution in [0.5, 0.6) is 0 Å². The molecule has 7 heteroatoms. The first-order valence-electron chi connectivity index (χ1n) is 14.4. The minimum absolute atomic E-state index is 0.0907. The van der Waals surface area contributed by atoms with Gasteiger partial charge in [-0.1, -0.05) is 36.4 Å². The second-order valence-electron chi connectivity index (χ2n) is 11.6. The average Bonchev–Trinajstić information content (AvgIpc) is 2.99. The van der Waals surface area contributed by atoms with Crippen LogP contribution in [0.4, 0.5) is 30.7 Å². The Hall–Kier alpha value is -3.09. The molecule has 2 saturated carbocycles. The number of benzene rings is 3. The maximum Gasteiger partial charge on any atom is 0.306 e. The first kappa shape index (κ1) is 29.4. The van der Waals surface area contributed by atoms with Crippen LogP contribution < -0.4 is 0 Å².